The van der Waals surface area contributed by atoms with Crippen LogP contribution in [-0.2, 0) is 4.74 Å². The van der Waals surface area contributed by atoms with Crippen LogP contribution >= 0.6 is 0 Å². The lowest BCUT2D eigenvalue weighted by Gasteiger charge is -2.15. The van der Waals surface area contributed by atoms with Crippen molar-refractivity contribution in [2.75, 3.05) is 6.61 Å². The van der Waals surface area contributed by atoms with E-state index in [4.69, 9.17) is 4.74 Å². The summed E-state index contributed by atoms with van der Waals surface area (Å²) in [5, 5.41) is 9.78. The Morgan fingerprint density at radius 3 is 2.50 bits per heavy atom. The maximum absolute atomic E-state index is 13.4. The van der Waals surface area contributed by atoms with Crippen molar-refractivity contribution in [1.82, 2.24) is 0 Å². The van der Waals surface area contributed by atoms with Gasteiger partial charge in [-0.05, 0) is 25.7 Å². The molecule has 2 unspecified atom stereocenters. The van der Waals surface area contributed by atoms with Crippen LogP contribution in [0.25, 0.3) is 0 Å². The summed E-state index contributed by atoms with van der Waals surface area (Å²) in [6.45, 7) is 0.694. The van der Waals surface area contributed by atoms with Gasteiger partial charge in [0, 0.05) is 18.7 Å². The molecule has 0 aliphatic carbocycles. The third-order valence-electron chi connectivity index (χ3n) is 3.16. The number of rotatable bonds is 4. The van der Waals surface area contributed by atoms with Crippen LogP contribution in [0.3, 0.4) is 0 Å². The molecule has 18 heavy (non-hydrogen) atoms. The molecule has 1 aromatic carbocycles. The SMILES string of the molecule is OC(CCC1CCCO1)c1c(F)cc(F)cc1F. The standard InChI is InChI=1S/C13H15F3O2/c14-8-6-10(15)13(11(16)7-8)12(17)4-3-9-2-1-5-18-9/h6-7,9,12,17H,1-5H2. The second kappa shape index (κ2) is 5.71. The van der Waals surface area contributed by atoms with Crippen LogP contribution < -0.4 is 0 Å². The molecule has 1 aliphatic rings. The molecule has 2 nitrogen and oxygen atoms in total. The highest BCUT2D eigenvalue weighted by Gasteiger charge is 2.22. The summed E-state index contributed by atoms with van der Waals surface area (Å²) in [4.78, 5) is 0. The molecule has 1 aromatic rings. The molecule has 1 heterocycles. The molecule has 100 valence electrons. The van der Waals surface area contributed by atoms with Crippen molar-refractivity contribution < 1.29 is 23.0 Å². The van der Waals surface area contributed by atoms with E-state index in [-0.39, 0.29) is 12.5 Å². The molecule has 1 aliphatic heterocycles. The normalized spacial score (nSPS) is 21.2. The molecule has 0 aromatic heterocycles. The fourth-order valence-corrected chi connectivity index (χ4v) is 2.23. The molecule has 1 fully saturated rings. The van der Waals surface area contributed by atoms with Crippen molar-refractivity contribution >= 4 is 0 Å². The van der Waals surface area contributed by atoms with Crippen LogP contribution in [-0.4, -0.2) is 17.8 Å². The number of halogens is 3. The van der Waals surface area contributed by atoms with E-state index >= 15 is 0 Å². The smallest absolute Gasteiger partial charge is 0.134 e. The lowest BCUT2D eigenvalue weighted by atomic mass is 10.0. The number of ether oxygens (including phenoxy) is 1. The number of hydrogen-bond acceptors (Lipinski definition) is 2. The highest BCUT2D eigenvalue weighted by Crippen LogP contribution is 2.27. The molecular weight excluding hydrogens is 245 g/mol. The Kier molecular flexibility index (Phi) is 4.24. The van der Waals surface area contributed by atoms with E-state index in [0.29, 0.717) is 25.2 Å². The van der Waals surface area contributed by atoms with E-state index in [2.05, 4.69) is 0 Å². The van der Waals surface area contributed by atoms with Crippen LogP contribution in [0.15, 0.2) is 12.1 Å². The van der Waals surface area contributed by atoms with E-state index in [1.165, 1.54) is 0 Å². The van der Waals surface area contributed by atoms with E-state index in [1.807, 2.05) is 0 Å². The Balaban J connectivity index is 2.01. The quantitative estimate of drug-likeness (QED) is 0.901. The number of benzene rings is 1. The fourth-order valence-electron chi connectivity index (χ4n) is 2.23. The molecule has 1 N–H and O–H groups in total. The van der Waals surface area contributed by atoms with Crippen LogP contribution in [0.5, 0.6) is 0 Å². The highest BCUT2D eigenvalue weighted by atomic mass is 19.1. The Labute approximate surface area is 103 Å². The van der Waals surface area contributed by atoms with E-state index in [9.17, 15) is 18.3 Å². The molecule has 0 saturated carbocycles. The summed E-state index contributed by atoms with van der Waals surface area (Å²) in [6, 6.07) is 1.15. The Morgan fingerprint density at radius 1 is 1.28 bits per heavy atom. The van der Waals surface area contributed by atoms with Crippen molar-refractivity contribution in [2.24, 2.45) is 0 Å². The summed E-state index contributed by atoms with van der Waals surface area (Å²) >= 11 is 0. The predicted octanol–water partition coefficient (Wildman–Crippen LogP) is 3.10. The van der Waals surface area contributed by atoms with E-state index in [0.717, 1.165) is 12.8 Å². The zero-order valence-electron chi connectivity index (χ0n) is 9.83. The van der Waals surface area contributed by atoms with Gasteiger partial charge in [0.2, 0.25) is 0 Å². The lowest BCUT2D eigenvalue weighted by Crippen LogP contribution is -2.10. The Morgan fingerprint density at radius 2 is 1.94 bits per heavy atom. The minimum absolute atomic E-state index is 0.0474. The average molecular weight is 260 g/mol. The largest absolute Gasteiger partial charge is 0.388 e. The maximum Gasteiger partial charge on any atom is 0.134 e. The summed E-state index contributed by atoms with van der Waals surface area (Å²) in [5.74, 6) is -3.08. The van der Waals surface area contributed by atoms with Crippen LogP contribution in [0, 0.1) is 17.5 Å². The minimum Gasteiger partial charge on any atom is -0.388 e. The van der Waals surface area contributed by atoms with Crippen molar-refractivity contribution in [1.29, 1.82) is 0 Å². The van der Waals surface area contributed by atoms with Gasteiger partial charge in [0.1, 0.15) is 17.5 Å². The third kappa shape index (κ3) is 3.03. The van der Waals surface area contributed by atoms with Gasteiger partial charge in [-0.2, -0.15) is 0 Å². The van der Waals surface area contributed by atoms with Gasteiger partial charge in [-0.25, -0.2) is 13.2 Å². The van der Waals surface area contributed by atoms with Crippen LogP contribution in [0.4, 0.5) is 13.2 Å². The van der Waals surface area contributed by atoms with E-state index < -0.39 is 29.1 Å². The summed E-state index contributed by atoms with van der Waals surface area (Å²) < 4.78 is 44.9. The Bertz CT molecular complexity index is 394. The lowest BCUT2D eigenvalue weighted by molar-refractivity contribution is 0.0792. The second-order valence-electron chi connectivity index (χ2n) is 4.51. The third-order valence-corrected chi connectivity index (χ3v) is 3.16. The second-order valence-corrected chi connectivity index (χ2v) is 4.51. The summed E-state index contributed by atoms with van der Waals surface area (Å²) in [5.41, 5.74) is -0.464. The van der Waals surface area contributed by atoms with Gasteiger partial charge in [0.15, 0.2) is 0 Å². The molecule has 0 bridgehead atoms. The zero-order valence-corrected chi connectivity index (χ0v) is 9.83. The molecule has 1 saturated heterocycles. The minimum atomic E-state index is -1.27. The number of aliphatic hydroxyl groups is 1. The van der Waals surface area contributed by atoms with Crippen molar-refractivity contribution in [2.45, 2.75) is 37.9 Å². The number of aliphatic hydroxyl groups excluding tert-OH is 1. The number of hydrogen-bond donors (Lipinski definition) is 1. The molecular formula is C13H15F3O2. The van der Waals surface area contributed by atoms with Gasteiger partial charge >= 0.3 is 0 Å². The first-order valence-electron chi connectivity index (χ1n) is 6.02. The van der Waals surface area contributed by atoms with Gasteiger partial charge in [-0.15, -0.1) is 0 Å². The van der Waals surface area contributed by atoms with Crippen molar-refractivity contribution in [3.8, 4) is 0 Å². The first-order chi connectivity index (χ1) is 8.58. The highest BCUT2D eigenvalue weighted by molar-refractivity contribution is 5.23. The zero-order chi connectivity index (χ0) is 13.1. The molecule has 2 rings (SSSR count). The van der Waals surface area contributed by atoms with Crippen molar-refractivity contribution in [3.05, 3.63) is 35.1 Å². The fraction of sp³-hybridized carbons (Fsp3) is 0.538. The first-order valence-corrected chi connectivity index (χ1v) is 6.02. The van der Waals surface area contributed by atoms with Gasteiger partial charge in [-0.3, -0.25) is 0 Å². The molecule has 0 radical (unpaired) electrons. The molecule has 0 spiro atoms. The Hall–Kier alpha value is -1.07. The monoisotopic (exact) mass is 260 g/mol. The van der Waals surface area contributed by atoms with E-state index in [1.54, 1.807) is 0 Å². The van der Waals surface area contributed by atoms with Gasteiger partial charge in [0.25, 0.3) is 0 Å². The van der Waals surface area contributed by atoms with Crippen molar-refractivity contribution in [3.63, 3.8) is 0 Å². The molecule has 0 amide bonds. The van der Waals surface area contributed by atoms with Gasteiger partial charge in [-0.1, -0.05) is 0 Å². The molecule has 5 heteroatoms. The van der Waals surface area contributed by atoms with Gasteiger partial charge in [0.05, 0.1) is 17.8 Å². The average Bonchev–Trinajstić information content (AvgIpc) is 2.77. The summed E-state index contributed by atoms with van der Waals surface area (Å²) in [7, 11) is 0. The molecule has 2 atom stereocenters. The predicted molar refractivity (Wildman–Crippen MR) is 59.5 cm³/mol. The first kappa shape index (κ1) is 13.4. The summed E-state index contributed by atoms with van der Waals surface area (Å²) in [6.07, 6.45) is 1.39. The van der Waals surface area contributed by atoms with Crippen LogP contribution in [0.2, 0.25) is 0 Å². The van der Waals surface area contributed by atoms with Gasteiger partial charge < -0.3 is 9.84 Å². The van der Waals surface area contributed by atoms with Crippen LogP contribution in [0.1, 0.15) is 37.4 Å². The topological polar surface area (TPSA) is 29.5 Å². The maximum atomic E-state index is 13.4.